The lowest BCUT2D eigenvalue weighted by Gasteiger charge is -2.39. The Morgan fingerprint density at radius 1 is 0.972 bits per heavy atom. The van der Waals surface area contributed by atoms with E-state index in [2.05, 4.69) is 55.5 Å². The van der Waals surface area contributed by atoms with Gasteiger partial charge in [0.05, 0.1) is 11.8 Å². The van der Waals surface area contributed by atoms with Gasteiger partial charge >= 0.3 is 0 Å². The minimum absolute atomic E-state index is 0.0592. The fourth-order valence-corrected chi connectivity index (χ4v) is 6.70. The predicted octanol–water partition coefficient (Wildman–Crippen LogP) is 6.91. The van der Waals surface area contributed by atoms with Crippen molar-refractivity contribution >= 4 is 19.9 Å². The molecule has 6 nitrogen and oxygen atoms in total. The smallest absolute Gasteiger partial charge is 0.213 e. The minimum Gasteiger partial charge on any atom is -0.474 e. The third-order valence-electron chi connectivity index (χ3n) is 8.13. The highest BCUT2D eigenvalue weighted by Crippen LogP contribution is 2.40. The summed E-state index contributed by atoms with van der Waals surface area (Å²) in [7, 11) is -1.95. The summed E-state index contributed by atoms with van der Waals surface area (Å²) in [4.78, 5) is 4.32. The molecule has 3 heterocycles. The second kappa shape index (κ2) is 9.91. The van der Waals surface area contributed by atoms with Crippen molar-refractivity contribution in [3.63, 3.8) is 0 Å². The molecule has 1 unspecified atom stereocenters. The molecule has 1 saturated carbocycles. The topological polar surface area (TPSA) is 62.1 Å². The second-order valence-corrected chi connectivity index (χ2v) is 16.9. The maximum absolute atomic E-state index is 6.89. The van der Waals surface area contributed by atoms with Crippen LogP contribution in [0.15, 0.2) is 42.6 Å². The van der Waals surface area contributed by atoms with Gasteiger partial charge in [-0.3, -0.25) is 4.57 Å². The van der Waals surface area contributed by atoms with Gasteiger partial charge in [0.1, 0.15) is 17.8 Å². The van der Waals surface area contributed by atoms with Gasteiger partial charge in [-0.25, -0.2) is 4.98 Å². The fourth-order valence-electron chi connectivity index (χ4n) is 5.15. The van der Waals surface area contributed by atoms with Crippen LogP contribution in [0.1, 0.15) is 69.6 Å². The number of rotatable bonds is 5. The van der Waals surface area contributed by atoms with Crippen LogP contribution >= 0.6 is 11.6 Å². The van der Waals surface area contributed by atoms with E-state index in [1.165, 1.54) is 5.56 Å². The largest absolute Gasteiger partial charge is 0.474 e. The summed E-state index contributed by atoms with van der Waals surface area (Å²) in [5.41, 5.74) is 2.35. The number of nitrogens with zero attached hydrogens (tertiary/aromatic N) is 4. The van der Waals surface area contributed by atoms with Gasteiger partial charge in [-0.1, -0.05) is 38.4 Å². The first-order valence-corrected chi connectivity index (χ1v) is 16.4. The van der Waals surface area contributed by atoms with E-state index in [4.69, 9.17) is 31.0 Å². The van der Waals surface area contributed by atoms with E-state index in [9.17, 15) is 0 Å². The molecule has 0 radical (unpaired) electrons. The van der Waals surface area contributed by atoms with Gasteiger partial charge in [0.15, 0.2) is 8.32 Å². The van der Waals surface area contributed by atoms with E-state index in [1.54, 1.807) is 6.20 Å². The van der Waals surface area contributed by atoms with E-state index in [-0.39, 0.29) is 17.2 Å². The zero-order valence-electron chi connectivity index (χ0n) is 22.0. The molecular weight excluding hydrogens is 488 g/mol. The number of hydrogen-bond acceptors (Lipinski definition) is 5. The van der Waals surface area contributed by atoms with Crippen LogP contribution in [0.25, 0.3) is 5.69 Å². The summed E-state index contributed by atoms with van der Waals surface area (Å²) < 4.78 is 15.3. The maximum atomic E-state index is 6.89. The number of ether oxygens (including phenoxy) is 1. The van der Waals surface area contributed by atoms with Gasteiger partial charge < -0.3 is 9.16 Å². The third-order valence-corrected chi connectivity index (χ3v) is 12.9. The first-order valence-electron chi connectivity index (χ1n) is 13.1. The van der Waals surface area contributed by atoms with Gasteiger partial charge in [-0.2, -0.15) is 0 Å². The van der Waals surface area contributed by atoms with Crippen molar-refractivity contribution in [3.05, 3.63) is 64.8 Å². The third kappa shape index (κ3) is 5.24. The fraction of sp³-hybridized carbons (Fsp3) is 0.536. The van der Waals surface area contributed by atoms with Crippen molar-refractivity contribution in [3.8, 4) is 11.6 Å². The monoisotopic (exact) mass is 524 g/mol. The van der Waals surface area contributed by atoms with Gasteiger partial charge in [0.25, 0.3) is 0 Å². The quantitative estimate of drug-likeness (QED) is 0.339. The average molecular weight is 525 g/mol. The molecule has 0 bridgehead atoms. The van der Waals surface area contributed by atoms with Crippen molar-refractivity contribution in [2.75, 3.05) is 0 Å². The summed E-state index contributed by atoms with van der Waals surface area (Å²) in [5, 5.41) is 10.4. The lowest BCUT2D eigenvalue weighted by molar-refractivity contribution is 0.139. The Balaban J connectivity index is 1.40. The van der Waals surface area contributed by atoms with Crippen molar-refractivity contribution in [2.45, 2.75) is 95.6 Å². The number of hydrogen-bond donors (Lipinski definition) is 0. The lowest BCUT2D eigenvalue weighted by atomic mass is 9.86. The highest BCUT2D eigenvalue weighted by molar-refractivity contribution is 6.74. The van der Waals surface area contributed by atoms with Gasteiger partial charge in [-0.15, -0.1) is 10.2 Å². The van der Waals surface area contributed by atoms with Crippen LogP contribution in [0.5, 0.6) is 5.88 Å². The molecule has 0 saturated heterocycles. The molecular formula is C28H37ClN4O2Si. The first kappa shape index (κ1) is 25.4. The number of aromatic nitrogens is 4. The number of pyridine rings is 1. The molecule has 1 aliphatic heterocycles. The Labute approximate surface area is 220 Å². The van der Waals surface area contributed by atoms with Crippen LogP contribution in [0, 0.1) is 0 Å². The lowest BCUT2D eigenvalue weighted by Crippen LogP contribution is -2.45. The van der Waals surface area contributed by atoms with Crippen LogP contribution in [-0.4, -0.2) is 40.3 Å². The van der Waals surface area contributed by atoms with Gasteiger partial charge in [0, 0.05) is 29.6 Å². The zero-order valence-corrected chi connectivity index (χ0v) is 23.8. The van der Waals surface area contributed by atoms with E-state index in [0.29, 0.717) is 11.8 Å². The molecule has 5 rings (SSSR count). The highest BCUT2D eigenvalue weighted by Gasteiger charge is 2.40. The summed E-state index contributed by atoms with van der Waals surface area (Å²) in [6.07, 6.45) is 7.60. The molecule has 1 fully saturated rings. The number of halogens is 1. The summed E-state index contributed by atoms with van der Waals surface area (Å²) in [6, 6.07) is 12.0. The molecule has 2 aromatic heterocycles. The summed E-state index contributed by atoms with van der Waals surface area (Å²) >= 11 is 6.46. The summed E-state index contributed by atoms with van der Waals surface area (Å²) in [6.45, 7) is 11.5. The molecule has 3 aromatic rings. The Morgan fingerprint density at radius 2 is 1.75 bits per heavy atom. The molecule has 1 atom stereocenters. The van der Waals surface area contributed by atoms with E-state index in [0.717, 1.165) is 60.9 Å². The molecule has 2 aliphatic rings. The Kier molecular flexibility index (Phi) is 7.00. The number of benzene rings is 1. The van der Waals surface area contributed by atoms with Crippen molar-refractivity contribution in [1.82, 2.24) is 19.7 Å². The van der Waals surface area contributed by atoms with Gasteiger partial charge in [0.2, 0.25) is 5.88 Å². The predicted molar refractivity (Wildman–Crippen MR) is 146 cm³/mol. The van der Waals surface area contributed by atoms with E-state index >= 15 is 0 Å². The Hall–Kier alpha value is -2.22. The average Bonchev–Trinajstić information content (AvgIpc) is 3.16. The normalized spacial score (nSPS) is 22.4. The molecule has 0 N–H and O–H groups in total. The number of fused-ring (bicyclic) bond motifs is 3. The molecule has 1 aliphatic carbocycles. The van der Waals surface area contributed by atoms with Crippen LogP contribution in [0.3, 0.4) is 0 Å². The van der Waals surface area contributed by atoms with Crippen molar-refractivity contribution in [2.24, 2.45) is 0 Å². The molecule has 36 heavy (non-hydrogen) atoms. The SMILES string of the molecule is CC(C)(C)[Si](C)(C)OC1Cc2cc(Cl)ccc2-n2c(nnc2[C@H]2CC[C@H](Oc3ccccn3)CC2)C1. The van der Waals surface area contributed by atoms with Gasteiger partial charge in [-0.05, 0) is 80.1 Å². The van der Waals surface area contributed by atoms with Crippen molar-refractivity contribution in [1.29, 1.82) is 0 Å². The van der Waals surface area contributed by atoms with Crippen LogP contribution < -0.4 is 4.74 Å². The van der Waals surface area contributed by atoms with Crippen molar-refractivity contribution < 1.29 is 9.16 Å². The zero-order chi connectivity index (χ0) is 25.5. The molecule has 192 valence electrons. The Bertz CT molecular complexity index is 1200. The van der Waals surface area contributed by atoms with Crippen LogP contribution in [-0.2, 0) is 17.3 Å². The van der Waals surface area contributed by atoms with E-state index < -0.39 is 8.32 Å². The van der Waals surface area contributed by atoms with Crippen LogP contribution in [0.4, 0.5) is 0 Å². The second-order valence-electron chi connectivity index (χ2n) is 11.8. The highest BCUT2D eigenvalue weighted by atomic mass is 35.5. The minimum atomic E-state index is -1.95. The molecule has 8 heteroatoms. The van der Waals surface area contributed by atoms with E-state index in [1.807, 2.05) is 24.3 Å². The van der Waals surface area contributed by atoms with Crippen LogP contribution in [0.2, 0.25) is 23.2 Å². The summed E-state index contributed by atoms with van der Waals surface area (Å²) in [5.74, 6) is 3.09. The maximum Gasteiger partial charge on any atom is 0.213 e. The Morgan fingerprint density at radius 3 is 2.44 bits per heavy atom. The standard InChI is InChI=1S/C28H37ClN4O2Si/c1-28(2,3)36(4,5)35-23-17-20-16-21(29)11-14-24(20)33-25(18-23)31-32-27(33)19-9-12-22(13-10-19)34-26-8-6-7-15-30-26/h6-8,11,14-16,19,22-23H,9-10,12-13,17-18H2,1-5H3/t19-,22-,23?. The molecule has 0 amide bonds. The molecule has 0 spiro atoms. The molecule has 1 aromatic carbocycles. The first-order chi connectivity index (χ1) is 17.1.